The number of hydrogen-bond acceptors (Lipinski definition) is 6. The molecule has 3 aromatic rings. The predicted octanol–water partition coefficient (Wildman–Crippen LogP) is 3.90. The van der Waals surface area contributed by atoms with Gasteiger partial charge in [-0.05, 0) is 67.6 Å². The van der Waals surface area contributed by atoms with Crippen molar-refractivity contribution >= 4 is 34.4 Å². The highest BCUT2D eigenvalue weighted by atomic mass is 16.3. The van der Waals surface area contributed by atoms with E-state index in [9.17, 15) is 14.4 Å². The van der Waals surface area contributed by atoms with Crippen LogP contribution < -0.4 is 10.6 Å². The third kappa shape index (κ3) is 6.47. The number of nitriles is 1. The Kier molecular flexibility index (Phi) is 7.94. The minimum absolute atomic E-state index is 0.0456. The molecule has 1 aromatic heterocycles. The van der Waals surface area contributed by atoms with E-state index in [-0.39, 0.29) is 35.4 Å². The van der Waals surface area contributed by atoms with E-state index in [2.05, 4.69) is 21.6 Å². The second kappa shape index (κ2) is 11.7. The number of amides is 3. The zero-order valence-electron chi connectivity index (χ0n) is 22.1. The first-order valence-corrected chi connectivity index (χ1v) is 13.5. The van der Waals surface area contributed by atoms with E-state index in [1.165, 1.54) is 5.56 Å². The lowest BCUT2D eigenvalue weighted by Crippen LogP contribution is -2.44. The summed E-state index contributed by atoms with van der Waals surface area (Å²) in [5.41, 5.74) is 3.08. The van der Waals surface area contributed by atoms with Gasteiger partial charge in [0, 0.05) is 62.7 Å². The van der Waals surface area contributed by atoms with Crippen molar-refractivity contribution in [2.24, 2.45) is 5.92 Å². The molecule has 0 atom stereocenters. The van der Waals surface area contributed by atoms with Crippen LogP contribution in [0.5, 0.6) is 0 Å². The van der Waals surface area contributed by atoms with Crippen LogP contribution in [0.4, 0.5) is 5.69 Å². The summed E-state index contributed by atoms with van der Waals surface area (Å²) in [6.45, 7) is 5.33. The topological polar surface area (TPSA) is 119 Å². The lowest BCUT2D eigenvalue weighted by Gasteiger charge is -2.32. The van der Waals surface area contributed by atoms with E-state index in [1.807, 2.05) is 30.3 Å². The summed E-state index contributed by atoms with van der Waals surface area (Å²) in [4.78, 5) is 41.3. The molecule has 0 radical (unpaired) electrons. The zero-order valence-corrected chi connectivity index (χ0v) is 22.1. The predicted molar refractivity (Wildman–Crippen MR) is 147 cm³/mol. The van der Waals surface area contributed by atoms with E-state index in [4.69, 9.17) is 9.68 Å². The van der Waals surface area contributed by atoms with Gasteiger partial charge in [-0.25, -0.2) is 0 Å². The van der Waals surface area contributed by atoms with Crippen LogP contribution in [0.3, 0.4) is 0 Å². The third-order valence-corrected chi connectivity index (χ3v) is 7.73. The molecule has 2 fully saturated rings. The van der Waals surface area contributed by atoms with Crippen molar-refractivity contribution in [3.63, 3.8) is 0 Å². The van der Waals surface area contributed by atoms with Crippen molar-refractivity contribution in [1.29, 1.82) is 5.26 Å². The number of nitrogens with one attached hydrogen (secondary N) is 2. The van der Waals surface area contributed by atoms with Crippen molar-refractivity contribution < 1.29 is 18.8 Å². The smallest absolute Gasteiger partial charge is 0.287 e. The minimum atomic E-state index is -0.237. The molecule has 2 aromatic carbocycles. The molecule has 2 aliphatic heterocycles. The van der Waals surface area contributed by atoms with E-state index in [0.29, 0.717) is 42.8 Å². The number of carbonyl (C=O) groups is 3. The van der Waals surface area contributed by atoms with Crippen LogP contribution in [0.1, 0.15) is 54.3 Å². The molecule has 2 N–H and O–H groups in total. The van der Waals surface area contributed by atoms with Crippen LogP contribution >= 0.6 is 0 Å². The number of benzene rings is 2. The van der Waals surface area contributed by atoms with Gasteiger partial charge < -0.3 is 20.0 Å². The van der Waals surface area contributed by atoms with Gasteiger partial charge in [0.1, 0.15) is 5.58 Å². The summed E-state index contributed by atoms with van der Waals surface area (Å²) in [6, 6.07) is 17.0. The molecule has 9 heteroatoms. The molecule has 0 saturated carbocycles. The first-order valence-electron chi connectivity index (χ1n) is 13.5. The van der Waals surface area contributed by atoms with Gasteiger partial charge in [0.2, 0.25) is 11.8 Å². The van der Waals surface area contributed by atoms with Crippen LogP contribution in [-0.2, 0) is 16.1 Å². The Bertz CT molecular complexity index is 1390. The molecule has 9 nitrogen and oxygen atoms in total. The SMILES string of the molecule is CC(=O)N1CCC(C(=O)Nc2ccc3oc(C(=O)NC4CCN(Cc5ccc(C#N)cc5)CC4)cc3c2)CC1. The molecular weight excluding hydrogens is 494 g/mol. The fourth-order valence-electron chi connectivity index (χ4n) is 5.37. The number of fused-ring (bicyclic) bond motifs is 1. The maximum atomic E-state index is 12.9. The van der Waals surface area contributed by atoms with Gasteiger partial charge in [0.05, 0.1) is 11.6 Å². The van der Waals surface area contributed by atoms with Gasteiger partial charge in [-0.1, -0.05) is 12.1 Å². The van der Waals surface area contributed by atoms with E-state index < -0.39 is 0 Å². The number of rotatable bonds is 6. The molecule has 0 bridgehead atoms. The standard InChI is InChI=1S/C30H33N5O4/c1-20(36)35-14-8-23(9-15-35)29(37)33-26-6-7-27-24(16-26)17-28(39-27)30(38)32-25-10-12-34(13-11-25)19-22-4-2-21(18-31)3-5-22/h2-7,16-17,23,25H,8-15,19H2,1H3,(H,32,38)(H,33,37). The molecule has 2 saturated heterocycles. The van der Waals surface area contributed by atoms with Gasteiger partial charge in [0.15, 0.2) is 5.76 Å². The summed E-state index contributed by atoms with van der Waals surface area (Å²) in [5, 5.41) is 15.8. The number of anilines is 1. The molecule has 2 aliphatic rings. The van der Waals surface area contributed by atoms with Crippen molar-refractivity contribution in [1.82, 2.24) is 15.1 Å². The van der Waals surface area contributed by atoms with E-state index >= 15 is 0 Å². The average Bonchev–Trinajstić information content (AvgIpc) is 3.38. The van der Waals surface area contributed by atoms with Crippen molar-refractivity contribution in [2.75, 3.05) is 31.5 Å². The van der Waals surface area contributed by atoms with E-state index in [0.717, 1.165) is 37.9 Å². The molecule has 0 spiro atoms. The van der Waals surface area contributed by atoms with Crippen LogP contribution in [0.25, 0.3) is 11.0 Å². The molecule has 5 rings (SSSR count). The maximum absolute atomic E-state index is 12.9. The van der Waals surface area contributed by atoms with Gasteiger partial charge in [-0.2, -0.15) is 5.26 Å². The largest absolute Gasteiger partial charge is 0.451 e. The summed E-state index contributed by atoms with van der Waals surface area (Å²) >= 11 is 0. The number of piperidine rings is 2. The molecule has 0 unspecified atom stereocenters. The number of likely N-dealkylation sites (tertiary alicyclic amines) is 2. The quantitative estimate of drug-likeness (QED) is 0.502. The Labute approximate surface area is 227 Å². The highest BCUT2D eigenvalue weighted by molar-refractivity contribution is 5.98. The summed E-state index contributed by atoms with van der Waals surface area (Å²) in [6.07, 6.45) is 3.00. The highest BCUT2D eigenvalue weighted by Gasteiger charge is 2.26. The molecule has 3 amide bonds. The summed E-state index contributed by atoms with van der Waals surface area (Å²) in [7, 11) is 0. The fourth-order valence-corrected chi connectivity index (χ4v) is 5.37. The Morgan fingerprint density at radius 3 is 2.36 bits per heavy atom. The van der Waals surface area contributed by atoms with Crippen molar-refractivity contribution in [3.05, 3.63) is 65.4 Å². The highest BCUT2D eigenvalue weighted by Crippen LogP contribution is 2.25. The Hall–Kier alpha value is -4.16. The van der Waals surface area contributed by atoms with Crippen molar-refractivity contribution in [3.8, 4) is 6.07 Å². The normalized spacial score (nSPS) is 17.1. The van der Waals surface area contributed by atoms with E-state index in [1.54, 1.807) is 30.0 Å². The Balaban J connectivity index is 1.12. The number of nitrogens with zero attached hydrogens (tertiary/aromatic N) is 3. The fraction of sp³-hybridized carbons (Fsp3) is 0.400. The third-order valence-electron chi connectivity index (χ3n) is 7.73. The average molecular weight is 528 g/mol. The Morgan fingerprint density at radius 2 is 1.69 bits per heavy atom. The number of hydrogen-bond donors (Lipinski definition) is 2. The summed E-state index contributed by atoms with van der Waals surface area (Å²) in [5.74, 6) is -0.115. The lowest BCUT2D eigenvalue weighted by molar-refractivity contribution is -0.132. The molecule has 0 aliphatic carbocycles. The second-order valence-corrected chi connectivity index (χ2v) is 10.5. The molecular formula is C30H33N5O4. The number of carbonyl (C=O) groups excluding carboxylic acids is 3. The zero-order chi connectivity index (χ0) is 27.4. The molecule has 202 valence electrons. The van der Waals surface area contributed by atoms with Crippen LogP contribution in [0, 0.1) is 17.2 Å². The molecule has 3 heterocycles. The summed E-state index contributed by atoms with van der Waals surface area (Å²) < 4.78 is 5.81. The van der Waals surface area contributed by atoms with Gasteiger partial charge in [0.25, 0.3) is 5.91 Å². The number of furan rings is 1. The monoisotopic (exact) mass is 527 g/mol. The van der Waals surface area contributed by atoms with Crippen molar-refractivity contribution in [2.45, 2.75) is 45.2 Å². The first-order chi connectivity index (χ1) is 18.9. The van der Waals surface area contributed by atoms with Gasteiger partial charge >= 0.3 is 0 Å². The maximum Gasteiger partial charge on any atom is 0.287 e. The second-order valence-electron chi connectivity index (χ2n) is 10.5. The van der Waals surface area contributed by atoms with Crippen LogP contribution in [-0.4, -0.2) is 59.7 Å². The minimum Gasteiger partial charge on any atom is -0.451 e. The lowest BCUT2D eigenvalue weighted by atomic mass is 9.96. The van der Waals surface area contributed by atoms with Gasteiger partial charge in [-0.3, -0.25) is 19.3 Å². The van der Waals surface area contributed by atoms with Crippen LogP contribution in [0.2, 0.25) is 0 Å². The first kappa shape index (κ1) is 26.4. The van der Waals surface area contributed by atoms with Crippen LogP contribution in [0.15, 0.2) is 52.9 Å². The Morgan fingerprint density at radius 1 is 0.974 bits per heavy atom. The molecule has 39 heavy (non-hydrogen) atoms. The van der Waals surface area contributed by atoms with Gasteiger partial charge in [-0.15, -0.1) is 0 Å².